The second-order valence-corrected chi connectivity index (χ2v) is 18.0. The van der Waals surface area contributed by atoms with Crippen molar-refractivity contribution in [3.63, 3.8) is 0 Å². The van der Waals surface area contributed by atoms with Crippen molar-refractivity contribution in [2.75, 3.05) is 59.3 Å². The van der Waals surface area contributed by atoms with E-state index in [0.717, 1.165) is 11.0 Å². The van der Waals surface area contributed by atoms with Crippen molar-refractivity contribution in [1.82, 2.24) is 19.6 Å². The summed E-state index contributed by atoms with van der Waals surface area (Å²) in [5.74, 6) is -3.10. The lowest BCUT2D eigenvalue weighted by Gasteiger charge is -2.50. The molecule has 3 rings (SSSR count). The number of amides is 6. The lowest BCUT2D eigenvalue weighted by molar-refractivity contribution is -0.147. The van der Waals surface area contributed by atoms with Gasteiger partial charge in [-0.05, 0) is 71.1 Å². The van der Waals surface area contributed by atoms with Crippen LogP contribution in [0.25, 0.3) is 0 Å². The molecular formula is C38H62N4O13Si. The predicted octanol–water partition coefficient (Wildman–Crippen LogP) is 3.91. The maximum atomic E-state index is 14.4. The van der Waals surface area contributed by atoms with Crippen LogP contribution in [0, 0.1) is 10.8 Å². The number of carbonyl (C=O) groups is 7. The fourth-order valence-corrected chi connectivity index (χ4v) is 11.2. The van der Waals surface area contributed by atoms with Crippen LogP contribution >= 0.6 is 0 Å². The zero-order valence-electron chi connectivity index (χ0n) is 34.4. The zero-order valence-corrected chi connectivity index (χ0v) is 35.4. The number of ether oxygens (including phenoxy) is 3. The Balaban J connectivity index is 1.94. The standard InChI is InChI=1S/C38H62N4O13Si/c1-10-30(43)52-19-18-40-33(46)28(21-31(44)50-11-2)41(35(40)48)26-38(9)24-27(23-37(7,8)25-38)42-29(22-32(45)51-12-3)34(47)39(36(42)49)17-16-20-56(53-13-4,54-14-5)55-15-6/h10,27-29H,1,11-26H2,2-9H3. The first kappa shape index (κ1) is 46.5. The summed E-state index contributed by atoms with van der Waals surface area (Å²) in [5, 5.41) is 0. The van der Waals surface area contributed by atoms with Crippen molar-refractivity contribution in [3.8, 4) is 0 Å². The number of nitrogens with zero attached hydrogens (tertiary/aromatic N) is 4. The summed E-state index contributed by atoms with van der Waals surface area (Å²) in [7, 11) is -3.07. The topological polar surface area (TPSA) is 188 Å². The third kappa shape index (κ3) is 11.6. The van der Waals surface area contributed by atoms with Gasteiger partial charge in [-0.3, -0.25) is 29.0 Å². The van der Waals surface area contributed by atoms with Crippen molar-refractivity contribution >= 4 is 50.6 Å². The van der Waals surface area contributed by atoms with Crippen molar-refractivity contribution < 1.29 is 61.1 Å². The molecule has 3 aliphatic rings. The Morgan fingerprint density at radius 2 is 1.29 bits per heavy atom. The predicted molar refractivity (Wildman–Crippen MR) is 204 cm³/mol. The van der Waals surface area contributed by atoms with Crippen molar-refractivity contribution in [1.29, 1.82) is 0 Å². The van der Waals surface area contributed by atoms with E-state index >= 15 is 0 Å². The summed E-state index contributed by atoms with van der Waals surface area (Å²) in [4.78, 5) is 98.3. The third-order valence-electron chi connectivity index (χ3n) is 10.1. The van der Waals surface area contributed by atoms with Crippen LogP contribution in [-0.2, 0) is 51.5 Å². The van der Waals surface area contributed by atoms with Gasteiger partial charge in [0.05, 0.1) is 32.6 Å². The van der Waals surface area contributed by atoms with Gasteiger partial charge in [0.25, 0.3) is 11.8 Å². The van der Waals surface area contributed by atoms with Crippen molar-refractivity contribution in [2.24, 2.45) is 10.8 Å². The SMILES string of the molecule is C=CC(=O)OCCN1C(=O)C(CC(=O)OCC)N(CC2(C)CC(N3C(=O)N(CCC[Si](OCC)(OCC)OCC)C(=O)C3CC(=O)OCC)CC(C)(C)C2)C1=O. The van der Waals surface area contributed by atoms with E-state index in [4.69, 9.17) is 27.5 Å². The van der Waals surface area contributed by atoms with Crippen LogP contribution in [0.4, 0.5) is 9.59 Å². The summed E-state index contributed by atoms with van der Waals surface area (Å²) in [6.45, 7) is 19.2. The molecule has 56 heavy (non-hydrogen) atoms. The first-order valence-corrected chi connectivity index (χ1v) is 21.7. The first-order chi connectivity index (χ1) is 26.4. The fraction of sp³-hybridized carbons (Fsp3) is 0.763. The zero-order chi connectivity index (χ0) is 41.8. The van der Waals surface area contributed by atoms with Gasteiger partial charge in [0, 0.05) is 51.1 Å². The smallest absolute Gasteiger partial charge is 0.466 e. The normalized spacial score (nSPS) is 23.9. The van der Waals surface area contributed by atoms with Crippen LogP contribution < -0.4 is 0 Å². The van der Waals surface area contributed by atoms with E-state index in [1.54, 1.807) is 13.8 Å². The van der Waals surface area contributed by atoms with E-state index in [1.165, 1.54) is 14.7 Å². The quantitative estimate of drug-likeness (QED) is 0.0476. The average molecular weight is 811 g/mol. The van der Waals surface area contributed by atoms with Crippen molar-refractivity contribution in [3.05, 3.63) is 12.7 Å². The van der Waals surface area contributed by atoms with E-state index in [9.17, 15) is 33.6 Å². The van der Waals surface area contributed by atoms with Gasteiger partial charge >= 0.3 is 38.8 Å². The minimum atomic E-state index is -3.07. The molecule has 0 bridgehead atoms. The van der Waals surface area contributed by atoms with E-state index in [2.05, 4.69) is 6.58 Å². The van der Waals surface area contributed by atoms with Crippen LogP contribution in [-0.4, -0.2) is 148 Å². The monoisotopic (exact) mass is 810 g/mol. The Hall–Kier alpha value is -3.87. The summed E-state index contributed by atoms with van der Waals surface area (Å²) in [5.41, 5.74) is -1.16. The van der Waals surface area contributed by atoms with Gasteiger partial charge in [-0.15, -0.1) is 0 Å². The van der Waals surface area contributed by atoms with Crippen LogP contribution in [0.2, 0.25) is 6.04 Å². The molecule has 316 valence electrons. The summed E-state index contributed by atoms with van der Waals surface area (Å²) in [6.07, 6.45) is 2.00. The van der Waals surface area contributed by atoms with Crippen molar-refractivity contribution in [2.45, 2.75) is 118 Å². The number of imide groups is 2. The Labute approximate surface area is 331 Å². The van der Waals surface area contributed by atoms with E-state index in [-0.39, 0.29) is 52.3 Å². The number of hydrogen-bond acceptors (Lipinski definition) is 13. The maximum absolute atomic E-state index is 14.4. The van der Waals surface area contributed by atoms with Crippen LogP contribution in [0.3, 0.4) is 0 Å². The highest BCUT2D eigenvalue weighted by atomic mass is 28.4. The summed E-state index contributed by atoms with van der Waals surface area (Å²) in [6, 6.07) is -3.62. The molecule has 2 saturated heterocycles. The molecule has 0 aromatic carbocycles. The molecule has 4 atom stereocenters. The molecule has 2 aliphatic heterocycles. The minimum Gasteiger partial charge on any atom is -0.466 e. The Morgan fingerprint density at radius 3 is 1.82 bits per heavy atom. The van der Waals surface area contributed by atoms with E-state index in [0.29, 0.717) is 51.5 Å². The highest BCUT2D eigenvalue weighted by Crippen LogP contribution is 2.50. The maximum Gasteiger partial charge on any atom is 0.500 e. The number of urea groups is 2. The number of esters is 3. The molecule has 0 spiro atoms. The van der Waals surface area contributed by atoms with Gasteiger partial charge in [-0.2, -0.15) is 0 Å². The molecule has 2 heterocycles. The van der Waals surface area contributed by atoms with Gasteiger partial charge in [0.15, 0.2) is 0 Å². The largest absolute Gasteiger partial charge is 0.500 e. The number of hydrogen-bond donors (Lipinski definition) is 0. The molecule has 1 aliphatic carbocycles. The average Bonchev–Trinajstić information content (AvgIpc) is 3.46. The Bertz CT molecular complexity index is 1440. The summed E-state index contributed by atoms with van der Waals surface area (Å²) >= 11 is 0. The molecular weight excluding hydrogens is 749 g/mol. The Morgan fingerprint density at radius 1 is 0.750 bits per heavy atom. The third-order valence-corrected chi connectivity index (χ3v) is 13.3. The minimum absolute atomic E-state index is 0.0335. The van der Waals surface area contributed by atoms with Crippen LogP contribution in [0.5, 0.6) is 0 Å². The van der Waals surface area contributed by atoms with E-state index in [1.807, 2.05) is 41.5 Å². The fourth-order valence-electron chi connectivity index (χ4n) is 8.56. The lowest BCUT2D eigenvalue weighted by Crippen LogP contribution is -2.54. The van der Waals surface area contributed by atoms with Gasteiger partial charge in [-0.25, -0.2) is 14.4 Å². The van der Waals surface area contributed by atoms with Gasteiger partial charge in [-0.1, -0.05) is 27.4 Å². The number of rotatable bonds is 23. The van der Waals surface area contributed by atoms with E-state index < -0.39 is 79.5 Å². The molecule has 0 aromatic heterocycles. The first-order valence-electron chi connectivity index (χ1n) is 19.7. The molecule has 1 saturated carbocycles. The molecule has 4 unspecified atom stereocenters. The van der Waals surface area contributed by atoms with Crippen LogP contribution in [0.1, 0.15) is 93.9 Å². The number of carbonyl (C=O) groups excluding carboxylic acids is 7. The lowest BCUT2D eigenvalue weighted by atomic mass is 9.62. The van der Waals surface area contributed by atoms with Crippen LogP contribution in [0.15, 0.2) is 12.7 Å². The van der Waals surface area contributed by atoms with Gasteiger partial charge < -0.3 is 37.3 Å². The molecule has 0 aromatic rings. The molecule has 3 fully saturated rings. The van der Waals surface area contributed by atoms with Gasteiger partial charge in [0.2, 0.25) is 0 Å². The Kier molecular flexibility index (Phi) is 17.0. The summed E-state index contributed by atoms with van der Waals surface area (Å²) < 4.78 is 33.3. The molecule has 0 radical (unpaired) electrons. The van der Waals surface area contributed by atoms with Gasteiger partial charge in [0.1, 0.15) is 18.7 Å². The highest BCUT2D eigenvalue weighted by Gasteiger charge is 2.55. The molecule has 17 nitrogen and oxygen atoms in total. The second-order valence-electron chi connectivity index (χ2n) is 15.3. The molecule has 6 amide bonds. The second kappa shape index (κ2) is 20.5. The molecule has 0 N–H and O–H groups in total. The molecule has 18 heteroatoms. The highest BCUT2D eigenvalue weighted by molar-refractivity contribution is 6.60.